The van der Waals surface area contributed by atoms with Gasteiger partial charge in [0.2, 0.25) is 0 Å². The molecule has 0 fully saturated rings. The van der Waals surface area contributed by atoms with Gasteiger partial charge in [0.15, 0.2) is 0 Å². The number of ether oxygens (including phenoxy) is 1. The monoisotopic (exact) mass is 265 g/mol. The number of hydrogen-bond donors (Lipinski definition) is 1. The third-order valence-corrected chi connectivity index (χ3v) is 3.01. The van der Waals surface area contributed by atoms with Crippen LogP contribution in [0.15, 0.2) is 48.5 Å². The Morgan fingerprint density at radius 1 is 1.00 bits per heavy atom. The SMILES string of the molecule is C#CCNCc1ccc(OCc2ccc(C)cc2)cc1. The maximum absolute atomic E-state index is 5.76. The van der Waals surface area contributed by atoms with E-state index in [-0.39, 0.29) is 0 Å². The summed E-state index contributed by atoms with van der Waals surface area (Å²) >= 11 is 0. The summed E-state index contributed by atoms with van der Waals surface area (Å²) in [5.74, 6) is 3.44. The summed E-state index contributed by atoms with van der Waals surface area (Å²) in [7, 11) is 0. The number of hydrogen-bond acceptors (Lipinski definition) is 2. The van der Waals surface area contributed by atoms with Gasteiger partial charge in [0.05, 0.1) is 6.54 Å². The molecule has 0 spiro atoms. The molecule has 2 nitrogen and oxygen atoms in total. The highest BCUT2D eigenvalue weighted by molar-refractivity contribution is 5.28. The standard InChI is InChI=1S/C18H19NO/c1-3-12-19-13-16-8-10-18(11-9-16)20-14-17-6-4-15(2)5-7-17/h1,4-11,19H,12-14H2,2H3. The Hall–Kier alpha value is -2.24. The molecule has 0 unspecified atom stereocenters. The van der Waals surface area contributed by atoms with Crippen LogP contribution in [-0.2, 0) is 13.2 Å². The fourth-order valence-electron chi connectivity index (χ4n) is 1.83. The minimum atomic E-state index is 0.589. The number of terminal acetylenes is 1. The molecular weight excluding hydrogens is 246 g/mol. The Bertz CT molecular complexity index is 564. The summed E-state index contributed by atoms with van der Waals surface area (Å²) in [6, 6.07) is 16.4. The molecule has 0 aliphatic heterocycles. The van der Waals surface area contributed by atoms with E-state index < -0.39 is 0 Å². The van der Waals surface area contributed by atoms with Crippen LogP contribution in [0, 0.1) is 19.3 Å². The highest BCUT2D eigenvalue weighted by Gasteiger charge is 1.97. The van der Waals surface area contributed by atoms with Gasteiger partial charge in [-0.1, -0.05) is 47.9 Å². The Kier molecular flexibility index (Phi) is 5.23. The van der Waals surface area contributed by atoms with Crippen LogP contribution in [0.25, 0.3) is 0 Å². The average Bonchev–Trinajstić information content (AvgIpc) is 2.48. The molecule has 20 heavy (non-hydrogen) atoms. The fraction of sp³-hybridized carbons (Fsp3) is 0.222. The zero-order valence-electron chi connectivity index (χ0n) is 11.7. The highest BCUT2D eigenvalue weighted by atomic mass is 16.5. The first-order chi connectivity index (χ1) is 9.78. The number of nitrogens with one attached hydrogen (secondary N) is 1. The molecule has 0 radical (unpaired) electrons. The van der Waals surface area contributed by atoms with Crippen molar-refractivity contribution >= 4 is 0 Å². The normalized spacial score (nSPS) is 10.0. The van der Waals surface area contributed by atoms with Crippen molar-refractivity contribution in [1.82, 2.24) is 5.32 Å². The lowest BCUT2D eigenvalue weighted by Gasteiger charge is -2.08. The highest BCUT2D eigenvalue weighted by Crippen LogP contribution is 2.14. The van der Waals surface area contributed by atoms with Gasteiger partial charge in [-0.25, -0.2) is 0 Å². The summed E-state index contributed by atoms with van der Waals surface area (Å²) in [5.41, 5.74) is 3.64. The van der Waals surface area contributed by atoms with E-state index in [0.29, 0.717) is 13.2 Å². The second-order valence-electron chi connectivity index (χ2n) is 4.73. The van der Waals surface area contributed by atoms with Gasteiger partial charge in [-0.15, -0.1) is 6.42 Å². The predicted octanol–water partition coefficient (Wildman–Crippen LogP) is 3.30. The first kappa shape index (κ1) is 14.2. The molecule has 0 amide bonds. The summed E-state index contributed by atoms with van der Waals surface area (Å²) in [6.07, 6.45) is 5.19. The minimum Gasteiger partial charge on any atom is -0.489 e. The molecule has 2 rings (SSSR count). The Morgan fingerprint density at radius 3 is 2.30 bits per heavy atom. The van der Waals surface area contributed by atoms with Gasteiger partial charge < -0.3 is 10.1 Å². The Labute approximate surface area is 120 Å². The van der Waals surface area contributed by atoms with Gasteiger partial charge >= 0.3 is 0 Å². The molecular formula is C18H19NO. The molecule has 0 aromatic heterocycles. The van der Waals surface area contributed by atoms with Crippen molar-refractivity contribution in [2.24, 2.45) is 0 Å². The number of aryl methyl sites for hydroxylation is 1. The molecule has 0 atom stereocenters. The van der Waals surface area contributed by atoms with E-state index in [1.54, 1.807) is 0 Å². The van der Waals surface area contributed by atoms with E-state index in [1.165, 1.54) is 16.7 Å². The second-order valence-corrected chi connectivity index (χ2v) is 4.73. The van der Waals surface area contributed by atoms with E-state index >= 15 is 0 Å². The van der Waals surface area contributed by atoms with Crippen LogP contribution < -0.4 is 10.1 Å². The summed E-state index contributed by atoms with van der Waals surface area (Å²) in [5, 5.41) is 3.16. The first-order valence-corrected chi connectivity index (χ1v) is 6.69. The molecule has 0 saturated carbocycles. The first-order valence-electron chi connectivity index (χ1n) is 6.69. The Morgan fingerprint density at radius 2 is 1.65 bits per heavy atom. The number of benzene rings is 2. The van der Waals surface area contributed by atoms with E-state index in [9.17, 15) is 0 Å². The number of rotatable bonds is 6. The molecule has 102 valence electrons. The van der Waals surface area contributed by atoms with E-state index in [0.717, 1.165) is 12.3 Å². The molecule has 2 aromatic carbocycles. The van der Waals surface area contributed by atoms with Crippen LogP contribution in [-0.4, -0.2) is 6.54 Å². The molecule has 0 aliphatic carbocycles. The fourth-order valence-corrected chi connectivity index (χ4v) is 1.83. The van der Waals surface area contributed by atoms with Gasteiger partial charge in [-0.05, 0) is 30.2 Å². The third kappa shape index (κ3) is 4.46. The van der Waals surface area contributed by atoms with E-state index in [4.69, 9.17) is 11.2 Å². The predicted molar refractivity (Wildman–Crippen MR) is 82.5 cm³/mol. The van der Waals surface area contributed by atoms with Gasteiger partial charge in [-0.2, -0.15) is 0 Å². The van der Waals surface area contributed by atoms with Gasteiger partial charge in [-0.3, -0.25) is 0 Å². The van der Waals surface area contributed by atoms with Crippen LogP contribution in [0.3, 0.4) is 0 Å². The topological polar surface area (TPSA) is 21.3 Å². The smallest absolute Gasteiger partial charge is 0.119 e. The quantitative estimate of drug-likeness (QED) is 0.639. The van der Waals surface area contributed by atoms with Gasteiger partial charge in [0.1, 0.15) is 12.4 Å². The Balaban J connectivity index is 1.84. The van der Waals surface area contributed by atoms with Crippen molar-refractivity contribution in [2.75, 3.05) is 6.54 Å². The van der Waals surface area contributed by atoms with Crippen molar-refractivity contribution in [1.29, 1.82) is 0 Å². The molecule has 0 aliphatic rings. The molecule has 1 N–H and O–H groups in total. The van der Waals surface area contributed by atoms with Crippen molar-refractivity contribution in [3.05, 3.63) is 65.2 Å². The van der Waals surface area contributed by atoms with Crippen molar-refractivity contribution in [2.45, 2.75) is 20.1 Å². The lowest BCUT2D eigenvalue weighted by molar-refractivity contribution is 0.306. The van der Waals surface area contributed by atoms with Crippen molar-refractivity contribution < 1.29 is 4.74 Å². The van der Waals surface area contributed by atoms with Crippen LogP contribution in [0.2, 0.25) is 0 Å². The lowest BCUT2D eigenvalue weighted by Crippen LogP contribution is -2.12. The summed E-state index contributed by atoms with van der Waals surface area (Å²) in [4.78, 5) is 0. The maximum Gasteiger partial charge on any atom is 0.119 e. The van der Waals surface area contributed by atoms with Gasteiger partial charge in [0.25, 0.3) is 0 Å². The second kappa shape index (κ2) is 7.37. The molecule has 0 bridgehead atoms. The largest absolute Gasteiger partial charge is 0.489 e. The van der Waals surface area contributed by atoms with Crippen molar-refractivity contribution in [3.8, 4) is 18.1 Å². The van der Waals surface area contributed by atoms with E-state index in [1.807, 2.05) is 24.3 Å². The third-order valence-electron chi connectivity index (χ3n) is 3.01. The van der Waals surface area contributed by atoms with Crippen LogP contribution in [0.4, 0.5) is 0 Å². The van der Waals surface area contributed by atoms with E-state index in [2.05, 4.69) is 42.4 Å². The van der Waals surface area contributed by atoms with Crippen LogP contribution in [0.1, 0.15) is 16.7 Å². The minimum absolute atomic E-state index is 0.589. The molecule has 2 aromatic rings. The zero-order valence-corrected chi connectivity index (χ0v) is 11.7. The molecule has 0 saturated heterocycles. The average molecular weight is 265 g/mol. The summed E-state index contributed by atoms with van der Waals surface area (Å²) in [6.45, 7) is 4.04. The van der Waals surface area contributed by atoms with Crippen LogP contribution >= 0.6 is 0 Å². The molecule has 2 heteroatoms. The lowest BCUT2D eigenvalue weighted by atomic mass is 10.2. The van der Waals surface area contributed by atoms with Crippen molar-refractivity contribution in [3.63, 3.8) is 0 Å². The van der Waals surface area contributed by atoms with Crippen LogP contribution in [0.5, 0.6) is 5.75 Å². The summed E-state index contributed by atoms with van der Waals surface area (Å²) < 4.78 is 5.76. The molecule has 0 heterocycles. The van der Waals surface area contributed by atoms with Gasteiger partial charge in [0, 0.05) is 6.54 Å². The maximum atomic E-state index is 5.76. The zero-order chi connectivity index (χ0) is 14.2.